The topological polar surface area (TPSA) is 122 Å². The van der Waals surface area contributed by atoms with Gasteiger partial charge < -0.3 is 15.7 Å². The number of carbonyl (C=O) groups excluding carboxylic acids is 1. The zero-order valence-electron chi connectivity index (χ0n) is 12.1. The Kier molecular flexibility index (Phi) is 5.86. The molecule has 1 aromatic carbocycles. The first-order valence-corrected chi connectivity index (χ1v) is 7.14. The van der Waals surface area contributed by atoms with Gasteiger partial charge in [-0.25, -0.2) is 4.79 Å². The highest BCUT2D eigenvalue weighted by atomic mass is 79.9. The molecule has 0 radical (unpaired) electrons. The molecule has 0 saturated heterocycles. The van der Waals surface area contributed by atoms with Crippen LogP contribution in [0.25, 0.3) is 0 Å². The highest BCUT2D eigenvalue weighted by molar-refractivity contribution is 9.10. The van der Waals surface area contributed by atoms with Crippen LogP contribution in [0.3, 0.4) is 0 Å². The van der Waals surface area contributed by atoms with Gasteiger partial charge in [0.15, 0.2) is 0 Å². The number of carbonyl (C=O) groups is 2. The summed E-state index contributed by atoms with van der Waals surface area (Å²) in [5.74, 6) is -0.946. The molecule has 0 saturated carbocycles. The number of hydrogen-bond donors (Lipinski definition) is 3. The first-order valence-electron chi connectivity index (χ1n) is 6.35. The number of aliphatic carboxylic acids is 1. The van der Waals surface area contributed by atoms with Crippen molar-refractivity contribution in [1.82, 2.24) is 5.32 Å². The van der Waals surface area contributed by atoms with Crippen LogP contribution in [0.1, 0.15) is 26.7 Å². The van der Waals surface area contributed by atoms with Gasteiger partial charge in [-0.2, -0.15) is 0 Å². The van der Waals surface area contributed by atoms with Crippen LogP contribution >= 0.6 is 15.9 Å². The maximum absolute atomic E-state index is 11.9. The molecule has 0 atom stereocenters. The summed E-state index contributed by atoms with van der Waals surface area (Å²) in [7, 11) is 0. The minimum absolute atomic E-state index is 0.0738. The molecular formula is C13H16BrN3O5. The molecule has 8 nitrogen and oxygen atoms in total. The number of amides is 2. The molecule has 1 aromatic rings. The summed E-state index contributed by atoms with van der Waals surface area (Å²) in [6.45, 7) is 3.39. The highest BCUT2D eigenvalue weighted by Crippen LogP contribution is 2.24. The molecule has 0 spiro atoms. The number of carboxylic acid groups (broad SMARTS) is 1. The second-order valence-electron chi connectivity index (χ2n) is 5.31. The molecule has 0 unspecified atom stereocenters. The molecule has 0 aliphatic rings. The second kappa shape index (κ2) is 7.21. The predicted molar refractivity (Wildman–Crippen MR) is 83.9 cm³/mol. The third-order valence-corrected chi connectivity index (χ3v) is 3.22. The van der Waals surface area contributed by atoms with E-state index in [0.717, 1.165) is 0 Å². The lowest BCUT2D eigenvalue weighted by molar-refractivity contribution is -0.384. The van der Waals surface area contributed by atoms with Gasteiger partial charge >= 0.3 is 12.0 Å². The number of nitro benzene ring substituents is 1. The molecule has 1 rings (SSSR count). The van der Waals surface area contributed by atoms with Gasteiger partial charge in [-0.1, -0.05) is 15.9 Å². The fourth-order valence-electron chi connectivity index (χ4n) is 1.70. The third-order valence-electron chi connectivity index (χ3n) is 2.77. The minimum atomic E-state index is -0.946. The van der Waals surface area contributed by atoms with Crippen molar-refractivity contribution < 1.29 is 19.6 Å². The van der Waals surface area contributed by atoms with Crippen molar-refractivity contribution in [3.63, 3.8) is 0 Å². The van der Waals surface area contributed by atoms with E-state index in [-0.39, 0.29) is 24.2 Å². The van der Waals surface area contributed by atoms with Crippen LogP contribution in [0.15, 0.2) is 22.7 Å². The van der Waals surface area contributed by atoms with Crippen molar-refractivity contribution in [2.24, 2.45) is 0 Å². The van der Waals surface area contributed by atoms with Gasteiger partial charge in [0.05, 0.1) is 10.6 Å². The van der Waals surface area contributed by atoms with Gasteiger partial charge in [0.1, 0.15) is 0 Å². The van der Waals surface area contributed by atoms with Crippen LogP contribution in [-0.4, -0.2) is 27.6 Å². The third kappa shape index (κ3) is 6.08. The van der Waals surface area contributed by atoms with Crippen LogP contribution < -0.4 is 10.6 Å². The Bertz CT molecular complexity index is 603. The van der Waals surface area contributed by atoms with Crippen LogP contribution in [0.5, 0.6) is 0 Å². The first kappa shape index (κ1) is 17.9. The molecule has 2 amide bonds. The molecule has 0 aliphatic heterocycles. The predicted octanol–water partition coefficient (Wildman–Crippen LogP) is 3.12. The number of hydrogen-bond acceptors (Lipinski definition) is 4. The maximum atomic E-state index is 11.9. The SMILES string of the molecule is CC(C)(CCC(=O)O)NC(=O)Nc1cc(Br)cc([N+](=O)[O-])c1. The molecule has 0 aromatic heterocycles. The largest absolute Gasteiger partial charge is 0.481 e. The molecular weight excluding hydrogens is 358 g/mol. The lowest BCUT2D eigenvalue weighted by Crippen LogP contribution is -2.45. The number of rotatable bonds is 6. The summed E-state index contributed by atoms with van der Waals surface area (Å²) in [6.07, 6.45) is 0.185. The van der Waals surface area contributed by atoms with Gasteiger partial charge in [0, 0.05) is 28.6 Å². The van der Waals surface area contributed by atoms with E-state index in [2.05, 4.69) is 26.6 Å². The molecule has 3 N–H and O–H groups in total. The Morgan fingerprint density at radius 3 is 2.55 bits per heavy atom. The number of nitrogens with zero attached hydrogens (tertiary/aromatic N) is 1. The quantitative estimate of drug-likeness (QED) is 0.522. The van der Waals surface area contributed by atoms with Gasteiger partial charge in [0.25, 0.3) is 5.69 Å². The van der Waals surface area contributed by atoms with Crippen molar-refractivity contribution >= 4 is 39.3 Å². The Balaban J connectivity index is 2.72. The van der Waals surface area contributed by atoms with E-state index in [1.807, 2.05) is 0 Å². The summed E-state index contributed by atoms with van der Waals surface area (Å²) < 4.78 is 0.460. The van der Waals surface area contributed by atoms with E-state index in [9.17, 15) is 19.7 Å². The monoisotopic (exact) mass is 373 g/mol. The van der Waals surface area contributed by atoms with Crippen molar-refractivity contribution in [1.29, 1.82) is 0 Å². The van der Waals surface area contributed by atoms with Gasteiger partial charge in [0.2, 0.25) is 0 Å². The van der Waals surface area contributed by atoms with Gasteiger partial charge in [-0.05, 0) is 26.3 Å². The zero-order chi connectivity index (χ0) is 16.9. The van der Waals surface area contributed by atoms with E-state index in [1.165, 1.54) is 18.2 Å². The number of nitrogens with one attached hydrogen (secondary N) is 2. The van der Waals surface area contributed by atoms with Crippen molar-refractivity contribution in [2.75, 3.05) is 5.32 Å². The fraction of sp³-hybridized carbons (Fsp3) is 0.385. The Hall–Kier alpha value is -2.16. The van der Waals surface area contributed by atoms with E-state index < -0.39 is 22.5 Å². The van der Waals surface area contributed by atoms with E-state index >= 15 is 0 Å². The Labute approximate surface area is 135 Å². The number of urea groups is 1. The number of nitro groups is 1. The summed E-state index contributed by atoms with van der Waals surface area (Å²) in [6, 6.07) is 3.51. The normalized spacial score (nSPS) is 10.9. The van der Waals surface area contributed by atoms with Crippen molar-refractivity contribution in [3.8, 4) is 0 Å². The fourth-order valence-corrected chi connectivity index (χ4v) is 2.18. The zero-order valence-corrected chi connectivity index (χ0v) is 13.6. The van der Waals surface area contributed by atoms with Gasteiger partial charge in [-0.3, -0.25) is 14.9 Å². The van der Waals surface area contributed by atoms with Crippen LogP contribution in [0.2, 0.25) is 0 Å². The molecule has 0 bridgehead atoms. The second-order valence-corrected chi connectivity index (χ2v) is 6.23. The summed E-state index contributed by atoms with van der Waals surface area (Å²) >= 11 is 3.13. The smallest absolute Gasteiger partial charge is 0.319 e. The summed E-state index contributed by atoms with van der Waals surface area (Å²) in [4.78, 5) is 32.7. The van der Waals surface area contributed by atoms with Crippen LogP contribution in [-0.2, 0) is 4.79 Å². The maximum Gasteiger partial charge on any atom is 0.319 e. The molecule has 0 aliphatic carbocycles. The summed E-state index contributed by atoms with van der Waals surface area (Å²) in [5, 5.41) is 24.6. The highest BCUT2D eigenvalue weighted by Gasteiger charge is 2.22. The van der Waals surface area contributed by atoms with Crippen LogP contribution in [0, 0.1) is 10.1 Å². The average Bonchev–Trinajstić information content (AvgIpc) is 2.34. The van der Waals surface area contributed by atoms with Crippen molar-refractivity contribution in [2.45, 2.75) is 32.2 Å². The first-order chi connectivity index (χ1) is 10.1. The Morgan fingerprint density at radius 2 is 2.00 bits per heavy atom. The number of halogens is 1. The minimum Gasteiger partial charge on any atom is -0.481 e. The number of non-ortho nitro benzene ring substituents is 1. The van der Waals surface area contributed by atoms with E-state index in [4.69, 9.17) is 5.11 Å². The van der Waals surface area contributed by atoms with E-state index in [1.54, 1.807) is 13.8 Å². The number of benzene rings is 1. The lowest BCUT2D eigenvalue weighted by Gasteiger charge is -2.25. The molecule has 9 heteroatoms. The summed E-state index contributed by atoms with van der Waals surface area (Å²) in [5.41, 5.74) is -0.622. The average molecular weight is 374 g/mol. The van der Waals surface area contributed by atoms with Crippen molar-refractivity contribution in [3.05, 3.63) is 32.8 Å². The Morgan fingerprint density at radius 1 is 1.36 bits per heavy atom. The molecule has 120 valence electrons. The number of anilines is 1. The van der Waals surface area contributed by atoms with Crippen LogP contribution in [0.4, 0.5) is 16.2 Å². The lowest BCUT2D eigenvalue weighted by atomic mass is 9.99. The molecule has 0 heterocycles. The number of carboxylic acids is 1. The molecule has 22 heavy (non-hydrogen) atoms. The molecule has 0 fully saturated rings. The van der Waals surface area contributed by atoms with Gasteiger partial charge in [-0.15, -0.1) is 0 Å². The van der Waals surface area contributed by atoms with E-state index in [0.29, 0.717) is 4.47 Å². The standard InChI is InChI=1S/C13H16BrN3O5/c1-13(2,4-3-11(18)19)16-12(20)15-9-5-8(14)6-10(7-9)17(21)22/h5-7H,3-4H2,1-2H3,(H,18,19)(H2,15,16,20).